The Bertz CT molecular complexity index is 1350. The van der Waals surface area contributed by atoms with E-state index in [1.807, 2.05) is 57.5 Å². The van der Waals surface area contributed by atoms with Gasteiger partial charge in [0, 0.05) is 37.8 Å². The maximum Gasteiger partial charge on any atom is 0.250 e. The van der Waals surface area contributed by atoms with E-state index in [2.05, 4.69) is 48.3 Å². The average Bonchev–Trinajstić information content (AvgIpc) is 3.26. The molecule has 0 aliphatic rings. The fourth-order valence-electron chi connectivity index (χ4n) is 2.89. The van der Waals surface area contributed by atoms with Crippen molar-refractivity contribution in [1.29, 1.82) is 0 Å². The predicted octanol–water partition coefficient (Wildman–Crippen LogP) is 5.14. The summed E-state index contributed by atoms with van der Waals surface area (Å²) in [7, 11) is 0. The van der Waals surface area contributed by atoms with Crippen LogP contribution in [-0.4, -0.2) is 42.7 Å². The van der Waals surface area contributed by atoms with Crippen molar-refractivity contribution < 1.29 is 9.90 Å². The van der Waals surface area contributed by atoms with Gasteiger partial charge in [0.25, 0.3) is 5.91 Å². The quantitative estimate of drug-likeness (QED) is 0.119. The van der Waals surface area contributed by atoms with E-state index in [1.165, 1.54) is 18.0 Å². The molecule has 2 aromatic carbocycles. The lowest BCUT2D eigenvalue weighted by Gasteiger charge is -2.10. The lowest BCUT2D eigenvalue weighted by Crippen LogP contribution is -2.20. The molecule has 2 heterocycles. The third-order valence-corrected chi connectivity index (χ3v) is 7.07. The summed E-state index contributed by atoms with van der Waals surface area (Å²) in [6.45, 7) is 0. The summed E-state index contributed by atoms with van der Waals surface area (Å²) in [6, 6.07) is 14.6. The highest BCUT2D eigenvalue weighted by atomic mass is 127. The largest absolute Gasteiger partial charge is 0.506 e. The van der Waals surface area contributed by atoms with Crippen LogP contribution in [0.1, 0.15) is 5.56 Å². The number of nitrogens with zero attached hydrogens (tertiary/aromatic N) is 5. The number of rotatable bonds is 7. The van der Waals surface area contributed by atoms with Gasteiger partial charge in [-0.15, -0.1) is 10.2 Å². The molecule has 4 rings (SSSR count). The zero-order chi connectivity index (χ0) is 24.1. The van der Waals surface area contributed by atoms with Gasteiger partial charge in [0.1, 0.15) is 5.75 Å². The number of carbonyl (C=O) groups excluding carboxylic acids is 1. The van der Waals surface area contributed by atoms with Crippen LogP contribution < -0.4 is 5.43 Å². The van der Waals surface area contributed by atoms with Gasteiger partial charge in [0.05, 0.1) is 15.5 Å². The van der Waals surface area contributed by atoms with Crippen molar-refractivity contribution in [3.05, 3.63) is 78.7 Å². The molecule has 1 amide bonds. The number of benzene rings is 2. The Kier molecular flexibility index (Phi) is 8.39. The van der Waals surface area contributed by atoms with Crippen LogP contribution in [0.2, 0.25) is 5.02 Å². The number of aromatic nitrogens is 4. The topological polar surface area (TPSA) is 105 Å². The van der Waals surface area contributed by atoms with Gasteiger partial charge in [0.15, 0.2) is 11.0 Å². The molecule has 0 bridgehead atoms. The first-order valence-electron chi connectivity index (χ1n) is 9.67. The van der Waals surface area contributed by atoms with Crippen molar-refractivity contribution in [1.82, 2.24) is 25.2 Å². The Morgan fingerprint density at radius 1 is 1.15 bits per heavy atom. The molecule has 12 heteroatoms. The SMILES string of the molecule is O=C(CSc1nnc(-c2ccncc2)n1-c1ccc(Cl)cc1)N/N=C\c1cc(I)cc(I)c1O. The standard InChI is InChI=1S/C22H15ClI2N6O2S/c23-15-1-3-17(4-2-15)31-21(13-5-7-26-8-6-13)29-30-22(31)34-12-19(32)28-27-11-14-9-16(24)10-18(25)20(14)33/h1-11,33H,12H2,(H,28,32)/b27-11-. The Morgan fingerprint density at radius 2 is 1.88 bits per heavy atom. The van der Waals surface area contributed by atoms with E-state index in [0.717, 1.165) is 14.8 Å². The van der Waals surface area contributed by atoms with Crippen LogP contribution >= 0.6 is 68.5 Å². The maximum atomic E-state index is 12.4. The fourth-order valence-corrected chi connectivity index (χ4v) is 5.65. The summed E-state index contributed by atoms with van der Waals surface area (Å²) >= 11 is 11.5. The van der Waals surface area contributed by atoms with Gasteiger partial charge < -0.3 is 5.11 Å². The highest BCUT2D eigenvalue weighted by Gasteiger charge is 2.17. The van der Waals surface area contributed by atoms with Gasteiger partial charge in [-0.2, -0.15) is 5.10 Å². The first-order chi connectivity index (χ1) is 16.4. The number of hydrogen-bond acceptors (Lipinski definition) is 7. The number of nitrogens with one attached hydrogen (secondary N) is 1. The maximum absolute atomic E-state index is 12.4. The first-order valence-corrected chi connectivity index (χ1v) is 13.2. The second-order valence-electron chi connectivity index (χ2n) is 6.76. The molecule has 0 aliphatic carbocycles. The molecule has 0 fully saturated rings. The van der Waals surface area contributed by atoms with Crippen LogP contribution in [0, 0.1) is 7.14 Å². The molecule has 8 nitrogen and oxygen atoms in total. The van der Waals surface area contributed by atoms with Crippen LogP contribution in [0.25, 0.3) is 17.1 Å². The van der Waals surface area contributed by atoms with Crippen molar-refractivity contribution in [3.8, 4) is 22.8 Å². The van der Waals surface area contributed by atoms with Crippen molar-refractivity contribution in [2.75, 3.05) is 5.75 Å². The summed E-state index contributed by atoms with van der Waals surface area (Å²) < 4.78 is 3.52. The van der Waals surface area contributed by atoms with Gasteiger partial charge in [-0.05, 0) is 93.7 Å². The summed E-state index contributed by atoms with van der Waals surface area (Å²) in [5, 5.41) is 23.9. The summed E-state index contributed by atoms with van der Waals surface area (Å²) in [4.78, 5) is 16.5. The Morgan fingerprint density at radius 3 is 2.62 bits per heavy atom. The number of hydrogen-bond donors (Lipinski definition) is 2. The number of aromatic hydroxyl groups is 1. The number of phenolic OH excluding ortho intramolecular Hbond substituents is 1. The predicted molar refractivity (Wildman–Crippen MR) is 150 cm³/mol. The van der Waals surface area contributed by atoms with Crippen LogP contribution in [-0.2, 0) is 4.79 Å². The Hall–Kier alpha value is -2.23. The monoisotopic (exact) mass is 716 g/mol. The fraction of sp³-hybridized carbons (Fsp3) is 0.0455. The summed E-state index contributed by atoms with van der Waals surface area (Å²) in [6.07, 6.45) is 4.78. The van der Waals surface area contributed by atoms with Crippen molar-refractivity contribution in [2.24, 2.45) is 5.10 Å². The van der Waals surface area contributed by atoms with Crippen LogP contribution in [0.4, 0.5) is 0 Å². The van der Waals surface area contributed by atoms with E-state index in [4.69, 9.17) is 11.6 Å². The van der Waals surface area contributed by atoms with Crippen LogP contribution in [0.5, 0.6) is 5.75 Å². The molecule has 0 saturated heterocycles. The number of phenols is 1. The molecule has 0 saturated carbocycles. The van der Waals surface area contributed by atoms with Gasteiger partial charge in [-0.25, -0.2) is 5.43 Å². The molecular weight excluding hydrogens is 702 g/mol. The molecule has 0 spiro atoms. The second kappa shape index (κ2) is 11.5. The zero-order valence-electron chi connectivity index (χ0n) is 17.2. The van der Waals surface area contributed by atoms with Gasteiger partial charge in [-0.1, -0.05) is 23.4 Å². The number of hydrazone groups is 1. The smallest absolute Gasteiger partial charge is 0.250 e. The minimum absolute atomic E-state index is 0.0647. The average molecular weight is 717 g/mol. The molecule has 172 valence electrons. The van der Waals surface area contributed by atoms with Crippen molar-refractivity contribution >= 4 is 80.7 Å². The molecule has 0 radical (unpaired) electrons. The molecule has 2 N–H and O–H groups in total. The molecule has 34 heavy (non-hydrogen) atoms. The number of halogens is 3. The lowest BCUT2D eigenvalue weighted by atomic mass is 10.2. The highest BCUT2D eigenvalue weighted by Crippen LogP contribution is 2.28. The van der Waals surface area contributed by atoms with Gasteiger partial charge in [0.2, 0.25) is 0 Å². The Balaban J connectivity index is 1.50. The third kappa shape index (κ3) is 6.06. The van der Waals surface area contributed by atoms with Crippen molar-refractivity contribution in [2.45, 2.75) is 5.16 Å². The van der Waals surface area contributed by atoms with Crippen LogP contribution in [0.15, 0.2) is 71.2 Å². The van der Waals surface area contributed by atoms with Crippen molar-refractivity contribution in [3.63, 3.8) is 0 Å². The first kappa shape index (κ1) is 24.9. The normalized spacial score (nSPS) is 11.1. The molecule has 0 aliphatic heterocycles. The second-order valence-corrected chi connectivity index (χ2v) is 10.5. The molecule has 0 unspecified atom stereocenters. The van der Waals surface area contributed by atoms with E-state index < -0.39 is 0 Å². The van der Waals surface area contributed by atoms with Crippen LogP contribution in [0.3, 0.4) is 0 Å². The number of pyridine rings is 1. The lowest BCUT2D eigenvalue weighted by molar-refractivity contribution is -0.118. The number of amides is 1. The van der Waals surface area contributed by atoms with E-state index in [0.29, 0.717) is 25.1 Å². The van der Waals surface area contributed by atoms with E-state index in [9.17, 15) is 9.90 Å². The Labute approximate surface area is 231 Å². The molecular formula is C22H15ClI2N6O2S. The minimum atomic E-state index is -0.322. The minimum Gasteiger partial charge on any atom is -0.506 e. The third-order valence-electron chi connectivity index (χ3n) is 4.44. The summed E-state index contributed by atoms with van der Waals surface area (Å²) in [5.41, 5.74) is 4.65. The number of thioether (sulfide) groups is 1. The van der Waals surface area contributed by atoms with Gasteiger partial charge >= 0.3 is 0 Å². The molecule has 2 aromatic heterocycles. The zero-order valence-corrected chi connectivity index (χ0v) is 23.1. The van der Waals surface area contributed by atoms with E-state index in [1.54, 1.807) is 30.6 Å². The van der Waals surface area contributed by atoms with E-state index in [-0.39, 0.29) is 17.4 Å². The van der Waals surface area contributed by atoms with Gasteiger partial charge in [-0.3, -0.25) is 14.3 Å². The molecule has 4 aromatic rings. The molecule has 0 atom stereocenters. The highest BCUT2D eigenvalue weighted by molar-refractivity contribution is 14.1. The summed E-state index contributed by atoms with van der Waals surface area (Å²) in [5.74, 6) is 0.481. The number of carbonyl (C=O) groups is 1. The van der Waals surface area contributed by atoms with E-state index >= 15 is 0 Å².